The Labute approximate surface area is 144 Å². The zero-order chi connectivity index (χ0) is 18.0. The molecule has 0 amide bonds. The molecule has 2 unspecified atom stereocenters. The highest BCUT2D eigenvalue weighted by molar-refractivity contribution is 5.35. The Hall–Kier alpha value is -1.15. The molecule has 7 nitrogen and oxygen atoms in total. The van der Waals surface area contributed by atoms with E-state index in [-0.39, 0.29) is 6.61 Å². The Kier molecular flexibility index (Phi) is 5.91. The summed E-state index contributed by atoms with van der Waals surface area (Å²) in [6.45, 7) is 10.2. The highest BCUT2D eigenvalue weighted by atomic mass is 16.5. The quantitative estimate of drug-likeness (QED) is 0.616. The molecule has 0 saturated carbocycles. The SMILES string of the molecule is CN(CC1CCOC1)C(C)(C)C(O)Nc1cc(C(C)(C)CO)no1. The number of rotatable bonds is 8. The van der Waals surface area contributed by atoms with Crippen molar-refractivity contribution in [1.82, 2.24) is 10.1 Å². The molecule has 2 heterocycles. The van der Waals surface area contributed by atoms with Crippen LogP contribution in [-0.4, -0.2) is 65.4 Å². The first-order chi connectivity index (χ1) is 11.2. The van der Waals surface area contributed by atoms with Gasteiger partial charge in [-0.15, -0.1) is 0 Å². The third-order valence-corrected chi connectivity index (χ3v) is 5.09. The van der Waals surface area contributed by atoms with Crippen LogP contribution < -0.4 is 5.32 Å². The van der Waals surface area contributed by atoms with Gasteiger partial charge in [-0.3, -0.25) is 4.90 Å². The van der Waals surface area contributed by atoms with Crippen molar-refractivity contribution in [1.29, 1.82) is 0 Å². The van der Waals surface area contributed by atoms with Crippen molar-refractivity contribution in [3.05, 3.63) is 11.8 Å². The van der Waals surface area contributed by atoms with Gasteiger partial charge in [0.05, 0.1) is 24.4 Å². The van der Waals surface area contributed by atoms with Crippen LogP contribution in [0.1, 0.15) is 39.8 Å². The fourth-order valence-electron chi connectivity index (χ4n) is 2.61. The molecular weight excluding hydrogens is 310 g/mol. The van der Waals surface area contributed by atoms with Gasteiger partial charge in [0.2, 0.25) is 5.88 Å². The molecule has 1 fully saturated rings. The minimum Gasteiger partial charge on any atom is -0.395 e. The molecule has 0 radical (unpaired) electrons. The number of aliphatic hydroxyl groups excluding tert-OH is 2. The molecule has 2 atom stereocenters. The average molecular weight is 341 g/mol. The molecule has 0 aliphatic carbocycles. The molecular formula is C17H31N3O4. The minimum absolute atomic E-state index is 0.0286. The van der Waals surface area contributed by atoms with Gasteiger partial charge in [0.1, 0.15) is 6.23 Å². The molecule has 138 valence electrons. The van der Waals surface area contributed by atoms with Crippen LogP contribution in [0, 0.1) is 5.92 Å². The summed E-state index contributed by atoms with van der Waals surface area (Å²) in [5, 5.41) is 27.0. The van der Waals surface area contributed by atoms with Gasteiger partial charge in [-0.05, 0) is 33.2 Å². The number of aromatic nitrogens is 1. The van der Waals surface area contributed by atoms with Crippen LogP contribution in [0.25, 0.3) is 0 Å². The van der Waals surface area contributed by atoms with Crippen LogP contribution in [0.15, 0.2) is 10.6 Å². The zero-order valence-corrected chi connectivity index (χ0v) is 15.4. The lowest BCUT2D eigenvalue weighted by Gasteiger charge is -2.40. The molecule has 3 N–H and O–H groups in total. The van der Waals surface area contributed by atoms with E-state index >= 15 is 0 Å². The molecule has 1 aromatic rings. The summed E-state index contributed by atoms with van der Waals surface area (Å²) in [4.78, 5) is 2.14. The fraction of sp³-hybridized carbons (Fsp3) is 0.824. The van der Waals surface area contributed by atoms with Crippen molar-refractivity contribution < 1.29 is 19.5 Å². The van der Waals surface area contributed by atoms with Crippen molar-refractivity contribution >= 4 is 5.88 Å². The van der Waals surface area contributed by atoms with Gasteiger partial charge >= 0.3 is 0 Å². The number of likely N-dealkylation sites (N-methyl/N-ethyl adjacent to an activating group) is 1. The van der Waals surface area contributed by atoms with Crippen LogP contribution in [-0.2, 0) is 10.2 Å². The number of nitrogens with one attached hydrogen (secondary N) is 1. The Balaban J connectivity index is 1.98. The Bertz CT molecular complexity index is 524. The average Bonchev–Trinajstić information content (AvgIpc) is 3.19. The summed E-state index contributed by atoms with van der Waals surface area (Å²) in [5.41, 5.74) is -0.334. The van der Waals surface area contributed by atoms with Gasteiger partial charge in [-0.25, -0.2) is 0 Å². The lowest BCUT2D eigenvalue weighted by Crippen LogP contribution is -2.54. The van der Waals surface area contributed by atoms with E-state index in [0.29, 0.717) is 17.5 Å². The maximum atomic E-state index is 10.6. The van der Waals surface area contributed by atoms with E-state index in [4.69, 9.17) is 9.26 Å². The van der Waals surface area contributed by atoms with Gasteiger partial charge < -0.3 is 24.8 Å². The summed E-state index contributed by atoms with van der Waals surface area (Å²) in [6.07, 6.45) is 0.230. The van der Waals surface area contributed by atoms with Gasteiger partial charge in [0.15, 0.2) is 0 Å². The van der Waals surface area contributed by atoms with Gasteiger partial charge in [-0.2, -0.15) is 0 Å². The lowest BCUT2D eigenvalue weighted by molar-refractivity contribution is 0.0111. The third-order valence-electron chi connectivity index (χ3n) is 5.09. The van der Waals surface area contributed by atoms with Crippen molar-refractivity contribution in [2.24, 2.45) is 5.92 Å². The summed E-state index contributed by atoms with van der Waals surface area (Å²) in [5.74, 6) is 0.897. The van der Waals surface area contributed by atoms with Crippen LogP contribution in [0.4, 0.5) is 5.88 Å². The van der Waals surface area contributed by atoms with Crippen LogP contribution >= 0.6 is 0 Å². The van der Waals surface area contributed by atoms with Crippen molar-refractivity contribution in [2.75, 3.05) is 38.7 Å². The normalized spacial score (nSPS) is 20.6. The first-order valence-corrected chi connectivity index (χ1v) is 8.48. The number of hydrogen-bond donors (Lipinski definition) is 3. The van der Waals surface area contributed by atoms with Crippen LogP contribution in [0.2, 0.25) is 0 Å². The number of anilines is 1. The number of nitrogens with zero attached hydrogens (tertiary/aromatic N) is 2. The highest BCUT2D eigenvalue weighted by Gasteiger charge is 2.35. The van der Waals surface area contributed by atoms with Gasteiger partial charge in [0, 0.05) is 24.6 Å². The van der Waals surface area contributed by atoms with Crippen LogP contribution in [0.3, 0.4) is 0 Å². The summed E-state index contributed by atoms with van der Waals surface area (Å²) < 4.78 is 10.7. The second-order valence-corrected chi connectivity index (χ2v) is 7.93. The van der Waals surface area contributed by atoms with E-state index in [0.717, 1.165) is 26.2 Å². The number of ether oxygens (including phenoxy) is 1. The molecule has 0 bridgehead atoms. The highest BCUT2D eigenvalue weighted by Crippen LogP contribution is 2.27. The monoisotopic (exact) mass is 341 g/mol. The van der Waals surface area contributed by atoms with E-state index < -0.39 is 17.2 Å². The Morgan fingerprint density at radius 1 is 1.42 bits per heavy atom. The van der Waals surface area contributed by atoms with Gasteiger partial charge in [0.25, 0.3) is 0 Å². The molecule has 1 aliphatic rings. The summed E-state index contributed by atoms with van der Waals surface area (Å²) >= 11 is 0. The summed E-state index contributed by atoms with van der Waals surface area (Å²) in [6, 6.07) is 1.72. The number of aliphatic hydroxyl groups is 2. The second kappa shape index (κ2) is 7.39. The largest absolute Gasteiger partial charge is 0.395 e. The molecule has 1 aromatic heterocycles. The zero-order valence-electron chi connectivity index (χ0n) is 15.4. The predicted octanol–water partition coefficient (Wildman–Crippen LogP) is 1.42. The third kappa shape index (κ3) is 4.27. The standard InChI is InChI=1S/C17H31N3O4/c1-16(2,11-21)13-8-14(24-19-13)18-15(22)17(3,4)20(5)9-12-6-7-23-10-12/h8,12,15,18,21-22H,6-7,9-11H2,1-5H3. The predicted molar refractivity (Wildman–Crippen MR) is 91.9 cm³/mol. The van der Waals surface area contributed by atoms with E-state index in [1.165, 1.54) is 0 Å². The fourth-order valence-corrected chi connectivity index (χ4v) is 2.61. The van der Waals surface area contributed by atoms with Crippen molar-refractivity contribution in [3.8, 4) is 0 Å². The topological polar surface area (TPSA) is 91.0 Å². The molecule has 24 heavy (non-hydrogen) atoms. The molecule has 1 saturated heterocycles. The lowest BCUT2D eigenvalue weighted by atomic mass is 9.91. The van der Waals surface area contributed by atoms with E-state index in [1.54, 1.807) is 6.07 Å². The maximum Gasteiger partial charge on any atom is 0.226 e. The Morgan fingerprint density at radius 2 is 2.12 bits per heavy atom. The smallest absolute Gasteiger partial charge is 0.226 e. The van der Waals surface area contributed by atoms with Crippen molar-refractivity contribution in [2.45, 2.75) is 51.3 Å². The van der Waals surface area contributed by atoms with Crippen LogP contribution in [0.5, 0.6) is 0 Å². The van der Waals surface area contributed by atoms with E-state index in [1.807, 2.05) is 34.7 Å². The van der Waals surface area contributed by atoms with Crippen molar-refractivity contribution in [3.63, 3.8) is 0 Å². The van der Waals surface area contributed by atoms with E-state index in [2.05, 4.69) is 15.4 Å². The molecule has 0 spiro atoms. The maximum absolute atomic E-state index is 10.6. The number of hydrogen-bond acceptors (Lipinski definition) is 7. The molecule has 2 rings (SSSR count). The van der Waals surface area contributed by atoms with Gasteiger partial charge in [-0.1, -0.05) is 19.0 Å². The molecule has 0 aromatic carbocycles. The molecule has 1 aliphatic heterocycles. The summed E-state index contributed by atoms with van der Waals surface area (Å²) in [7, 11) is 2.00. The van der Waals surface area contributed by atoms with E-state index in [9.17, 15) is 10.2 Å². The second-order valence-electron chi connectivity index (χ2n) is 7.93. The first-order valence-electron chi connectivity index (χ1n) is 8.48. The minimum atomic E-state index is -0.831. The first kappa shape index (κ1) is 19.2. The Morgan fingerprint density at radius 3 is 2.71 bits per heavy atom. The molecule has 7 heteroatoms.